The highest BCUT2D eigenvalue weighted by atomic mass is 15.1. The second-order valence-corrected chi connectivity index (χ2v) is 14.0. The fraction of sp³-hybridized carbons (Fsp3) is 0.0204. The Labute approximate surface area is 296 Å². The Bertz CT molecular complexity index is 2880. The molecule has 0 fully saturated rings. The van der Waals surface area contributed by atoms with Crippen molar-refractivity contribution < 1.29 is 0 Å². The minimum absolute atomic E-state index is 0.392. The van der Waals surface area contributed by atoms with Gasteiger partial charge in [-0.3, -0.25) is 0 Å². The molecule has 0 N–H and O–H groups in total. The number of rotatable bonds is 4. The zero-order valence-corrected chi connectivity index (χ0v) is 27.7. The van der Waals surface area contributed by atoms with Crippen molar-refractivity contribution >= 4 is 38.9 Å². The van der Waals surface area contributed by atoms with Crippen LogP contribution in [-0.4, -0.2) is 4.57 Å². The first kappa shape index (κ1) is 27.2. The zero-order valence-electron chi connectivity index (χ0n) is 27.7. The first-order valence-electron chi connectivity index (χ1n) is 17.8. The Kier molecular flexibility index (Phi) is 5.20. The van der Waals surface area contributed by atoms with Gasteiger partial charge in [-0.1, -0.05) is 133 Å². The summed E-state index contributed by atoms with van der Waals surface area (Å²) < 4.78 is 2.42. The summed E-state index contributed by atoms with van der Waals surface area (Å²) in [6.45, 7) is 0. The Morgan fingerprint density at radius 1 is 0.373 bits per heavy atom. The lowest BCUT2D eigenvalue weighted by Gasteiger charge is -2.34. The van der Waals surface area contributed by atoms with Gasteiger partial charge in [0.15, 0.2) is 0 Å². The lowest BCUT2D eigenvalue weighted by molar-refractivity contribution is 0.817. The number of fused-ring (bicyclic) bond motifs is 8. The third kappa shape index (κ3) is 3.28. The van der Waals surface area contributed by atoms with Crippen molar-refractivity contribution in [2.75, 3.05) is 4.90 Å². The molecule has 8 aromatic carbocycles. The maximum Gasteiger partial charge on any atom is 0.0758 e. The molecule has 0 bridgehead atoms. The number of anilines is 3. The van der Waals surface area contributed by atoms with Crippen molar-refractivity contribution in [1.29, 1.82) is 0 Å². The number of hydrogen-bond acceptors (Lipinski definition) is 1. The standard InChI is InChI=1S/C49H30N2/c1-3-14-31(15-4-1)50(33-28-29-36-35-19-8-10-26-43(35)51(45(36)30-33)32-16-5-2-6-17-32)44-27-13-24-41-40-23-12-22-39-38-21-11-20-37-34-18-7-9-25-42(34)49(46(37)38,47(39)40)48(41)44/h1-30H. The van der Waals surface area contributed by atoms with E-state index < -0.39 is 5.41 Å². The van der Waals surface area contributed by atoms with Gasteiger partial charge in [0.1, 0.15) is 0 Å². The molecule has 1 heterocycles. The maximum atomic E-state index is 2.51. The van der Waals surface area contributed by atoms with Crippen molar-refractivity contribution in [2.45, 2.75) is 5.41 Å². The van der Waals surface area contributed by atoms with E-state index in [1.54, 1.807) is 0 Å². The number of aromatic nitrogens is 1. The van der Waals surface area contributed by atoms with E-state index in [-0.39, 0.29) is 0 Å². The second-order valence-electron chi connectivity index (χ2n) is 14.0. The number of para-hydroxylation sites is 3. The first-order chi connectivity index (χ1) is 25.3. The summed E-state index contributed by atoms with van der Waals surface area (Å²) in [7, 11) is 0. The van der Waals surface area contributed by atoms with Crippen molar-refractivity contribution in [3.63, 3.8) is 0 Å². The van der Waals surface area contributed by atoms with E-state index in [1.165, 1.54) is 83.1 Å². The second kappa shape index (κ2) is 9.74. The average molecular weight is 647 g/mol. The van der Waals surface area contributed by atoms with E-state index in [4.69, 9.17) is 0 Å². The fourth-order valence-electron chi connectivity index (χ4n) is 9.94. The Morgan fingerprint density at radius 3 is 1.67 bits per heavy atom. The van der Waals surface area contributed by atoms with Crippen LogP contribution in [0, 0.1) is 0 Å². The molecule has 0 amide bonds. The number of hydrogen-bond donors (Lipinski definition) is 0. The molecule has 0 radical (unpaired) electrons. The molecule has 1 aromatic heterocycles. The van der Waals surface area contributed by atoms with Crippen molar-refractivity contribution in [3.8, 4) is 39.1 Å². The van der Waals surface area contributed by atoms with Crippen LogP contribution < -0.4 is 4.90 Å². The van der Waals surface area contributed by atoms with Gasteiger partial charge in [0, 0.05) is 33.4 Å². The highest BCUT2D eigenvalue weighted by molar-refractivity contribution is 6.11. The molecule has 3 aliphatic carbocycles. The Balaban J connectivity index is 1.20. The molecule has 2 nitrogen and oxygen atoms in total. The van der Waals surface area contributed by atoms with Crippen LogP contribution in [-0.2, 0) is 5.41 Å². The van der Waals surface area contributed by atoms with E-state index in [1.807, 2.05) is 0 Å². The van der Waals surface area contributed by atoms with Gasteiger partial charge < -0.3 is 9.47 Å². The molecule has 2 heteroatoms. The van der Waals surface area contributed by atoms with E-state index >= 15 is 0 Å². The molecule has 0 aliphatic heterocycles. The molecule has 1 spiro atoms. The van der Waals surface area contributed by atoms with Crippen molar-refractivity contribution in [3.05, 3.63) is 204 Å². The third-order valence-electron chi connectivity index (χ3n) is 11.7. The normalized spacial score (nSPS) is 15.5. The van der Waals surface area contributed by atoms with Crippen LogP contribution >= 0.6 is 0 Å². The predicted molar refractivity (Wildman–Crippen MR) is 211 cm³/mol. The summed E-state index contributed by atoms with van der Waals surface area (Å²) in [5.41, 5.74) is 20.4. The smallest absolute Gasteiger partial charge is 0.0758 e. The van der Waals surface area contributed by atoms with Gasteiger partial charge >= 0.3 is 0 Å². The minimum atomic E-state index is -0.392. The summed E-state index contributed by atoms with van der Waals surface area (Å²) in [5.74, 6) is 0. The van der Waals surface area contributed by atoms with E-state index in [0.29, 0.717) is 0 Å². The van der Waals surface area contributed by atoms with Crippen LogP contribution in [0.3, 0.4) is 0 Å². The van der Waals surface area contributed by atoms with E-state index in [0.717, 1.165) is 17.1 Å². The van der Waals surface area contributed by atoms with Crippen LogP contribution in [0.5, 0.6) is 0 Å². The van der Waals surface area contributed by atoms with Gasteiger partial charge in [0.25, 0.3) is 0 Å². The SMILES string of the molecule is c1ccc(N(c2ccc3c4ccccc4n(-c4ccccc4)c3c2)c2cccc3c2C24c5ccccc5-c5cccc(c52)-c2cccc-3c24)cc1. The van der Waals surface area contributed by atoms with E-state index in [2.05, 4.69) is 191 Å². The summed E-state index contributed by atoms with van der Waals surface area (Å²) in [4.78, 5) is 2.51. The van der Waals surface area contributed by atoms with E-state index in [9.17, 15) is 0 Å². The van der Waals surface area contributed by atoms with Crippen molar-refractivity contribution in [1.82, 2.24) is 4.57 Å². The average Bonchev–Trinajstić information content (AvgIpc) is 3.89. The van der Waals surface area contributed by atoms with Gasteiger partial charge in [-0.15, -0.1) is 0 Å². The molecule has 51 heavy (non-hydrogen) atoms. The van der Waals surface area contributed by atoms with Crippen molar-refractivity contribution in [2.24, 2.45) is 0 Å². The number of nitrogens with zero attached hydrogens (tertiary/aromatic N) is 2. The van der Waals surface area contributed by atoms with Gasteiger partial charge in [-0.2, -0.15) is 0 Å². The van der Waals surface area contributed by atoms with Crippen LogP contribution in [0.1, 0.15) is 22.3 Å². The van der Waals surface area contributed by atoms with Gasteiger partial charge in [-0.25, -0.2) is 0 Å². The lowest BCUT2D eigenvalue weighted by atomic mass is 9.72. The van der Waals surface area contributed by atoms with Crippen LogP contribution in [0.25, 0.3) is 60.9 Å². The zero-order chi connectivity index (χ0) is 33.3. The third-order valence-corrected chi connectivity index (χ3v) is 11.7. The lowest BCUT2D eigenvalue weighted by Crippen LogP contribution is -2.26. The van der Waals surface area contributed by atoms with Crippen LogP contribution in [0.4, 0.5) is 17.1 Å². The first-order valence-corrected chi connectivity index (χ1v) is 17.8. The molecule has 0 saturated heterocycles. The summed E-state index contributed by atoms with van der Waals surface area (Å²) >= 11 is 0. The summed E-state index contributed by atoms with van der Waals surface area (Å²) in [5, 5.41) is 2.51. The van der Waals surface area contributed by atoms with Gasteiger partial charge in [-0.05, 0) is 98.6 Å². The molecule has 1 unspecified atom stereocenters. The Morgan fingerprint density at radius 2 is 0.922 bits per heavy atom. The predicted octanol–water partition coefficient (Wildman–Crippen LogP) is 12.6. The number of benzene rings is 8. The quantitative estimate of drug-likeness (QED) is 0.185. The van der Waals surface area contributed by atoms with Crippen LogP contribution in [0.15, 0.2) is 182 Å². The topological polar surface area (TPSA) is 8.17 Å². The monoisotopic (exact) mass is 646 g/mol. The highest BCUT2D eigenvalue weighted by Gasteiger charge is 2.58. The summed E-state index contributed by atoms with van der Waals surface area (Å²) in [6.07, 6.45) is 0. The molecular weight excluding hydrogens is 617 g/mol. The molecular formula is C49H30N2. The largest absolute Gasteiger partial charge is 0.310 e. The molecule has 1 atom stereocenters. The minimum Gasteiger partial charge on any atom is -0.310 e. The molecule has 3 aliphatic rings. The molecule has 0 saturated carbocycles. The molecule has 9 aromatic rings. The maximum absolute atomic E-state index is 2.51. The highest BCUT2D eigenvalue weighted by Crippen LogP contribution is 2.71. The van der Waals surface area contributed by atoms with Gasteiger partial charge in [0.05, 0.1) is 22.1 Å². The van der Waals surface area contributed by atoms with Crippen LogP contribution in [0.2, 0.25) is 0 Å². The molecule has 12 rings (SSSR count). The Hall–Kier alpha value is -6.64. The summed E-state index contributed by atoms with van der Waals surface area (Å²) in [6, 6.07) is 67.4. The fourth-order valence-corrected chi connectivity index (χ4v) is 9.94. The van der Waals surface area contributed by atoms with Gasteiger partial charge in [0.2, 0.25) is 0 Å². The molecule has 236 valence electrons.